The molecule has 0 heterocycles. The van der Waals surface area contributed by atoms with Gasteiger partial charge in [-0.3, -0.25) is 19.7 Å². The normalized spacial score (nSPS) is 10.9. The summed E-state index contributed by atoms with van der Waals surface area (Å²) in [5.74, 6) is -1.52. The largest absolute Gasteiger partial charge is 0.497 e. The van der Waals surface area contributed by atoms with E-state index in [0.717, 1.165) is 6.07 Å². The molecule has 0 aliphatic heterocycles. The Hall–Kier alpha value is -4.24. The van der Waals surface area contributed by atoms with Crippen LogP contribution in [0.15, 0.2) is 72.4 Å². The van der Waals surface area contributed by atoms with Crippen LogP contribution >= 0.6 is 11.6 Å². The number of amides is 2. The Labute approximate surface area is 192 Å². The average Bonchev–Trinajstić information content (AvgIpc) is 2.78. The lowest BCUT2D eigenvalue weighted by Gasteiger charge is -2.12. The number of rotatable bonds is 7. The maximum Gasteiger partial charge on any atom is 0.272 e. The van der Waals surface area contributed by atoms with Crippen LogP contribution in [0.5, 0.6) is 5.75 Å². The van der Waals surface area contributed by atoms with Gasteiger partial charge in [0.25, 0.3) is 17.5 Å². The smallest absolute Gasteiger partial charge is 0.272 e. The number of nitrogens with one attached hydrogen (secondary N) is 2. The number of halogens is 2. The molecule has 0 aromatic heterocycles. The maximum atomic E-state index is 13.5. The lowest BCUT2D eigenvalue weighted by atomic mass is 10.1. The van der Waals surface area contributed by atoms with Gasteiger partial charge in [0.15, 0.2) is 0 Å². The SMILES string of the molecule is COc1ccc(C(=O)N/C(=C/c2ccc([N+](=O)[O-])cc2)C(=O)Nc2cccc(F)c2)c(Cl)c1. The molecule has 0 aliphatic carbocycles. The van der Waals surface area contributed by atoms with E-state index in [9.17, 15) is 24.1 Å². The van der Waals surface area contributed by atoms with Crippen LogP contribution in [0.4, 0.5) is 15.8 Å². The highest BCUT2D eigenvalue weighted by Crippen LogP contribution is 2.23. The van der Waals surface area contributed by atoms with Gasteiger partial charge in [-0.25, -0.2) is 4.39 Å². The quantitative estimate of drug-likeness (QED) is 0.293. The molecule has 0 atom stereocenters. The van der Waals surface area contributed by atoms with Gasteiger partial charge < -0.3 is 15.4 Å². The van der Waals surface area contributed by atoms with Gasteiger partial charge in [-0.05, 0) is 60.2 Å². The van der Waals surface area contributed by atoms with Crippen LogP contribution < -0.4 is 15.4 Å². The second-order valence-corrected chi connectivity index (χ2v) is 7.08. The summed E-state index contributed by atoms with van der Waals surface area (Å²) in [5, 5.41) is 16.0. The summed E-state index contributed by atoms with van der Waals surface area (Å²) in [5.41, 5.74) is 0.347. The number of nitro groups is 1. The molecule has 2 amide bonds. The predicted octanol–water partition coefficient (Wildman–Crippen LogP) is 4.81. The molecule has 33 heavy (non-hydrogen) atoms. The summed E-state index contributed by atoms with van der Waals surface area (Å²) in [4.78, 5) is 36.0. The van der Waals surface area contributed by atoms with E-state index in [-0.39, 0.29) is 27.7 Å². The molecule has 0 spiro atoms. The van der Waals surface area contributed by atoms with Gasteiger partial charge in [-0.1, -0.05) is 17.7 Å². The van der Waals surface area contributed by atoms with Crippen molar-refractivity contribution < 1.29 is 23.6 Å². The minimum atomic E-state index is -0.739. The fourth-order valence-electron chi connectivity index (χ4n) is 2.78. The summed E-state index contributed by atoms with van der Waals surface area (Å²) < 4.78 is 18.6. The number of nitrogens with zero attached hydrogens (tertiary/aromatic N) is 1. The molecule has 8 nitrogen and oxygen atoms in total. The molecule has 3 rings (SSSR count). The van der Waals surface area contributed by atoms with Crippen molar-refractivity contribution in [2.75, 3.05) is 12.4 Å². The van der Waals surface area contributed by atoms with E-state index in [1.807, 2.05) is 0 Å². The number of hydrogen-bond acceptors (Lipinski definition) is 5. The summed E-state index contributed by atoms with van der Waals surface area (Å²) in [6, 6.07) is 15.0. The Morgan fingerprint density at radius 3 is 2.42 bits per heavy atom. The highest BCUT2D eigenvalue weighted by molar-refractivity contribution is 6.34. The van der Waals surface area contributed by atoms with Crippen molar-refractivity contribution in [3.8, 4) is 5.75 Å². The monoisotopic (exact) mass is 469 g/mol. The molecule has 0 unspecified atom stereocenters. The Bertz CT molecular complexity index is 1250. The lowest BCUT2D eigenvalue weighted by molar-refractivity contribution is -0.384. The summed E-state index contributed by atoms with van der Waals surface area (Å²) in [6.45, 7) is 0. The van der Waals surface area contributed by atoms with Crippen molar-refractivity contribution >= 4 is 40.9 Å². The van der Waals surface area contributed by atoms with Crippen LogP contribution in [-0.2, 0) is 4.79 Å². The Kier molecular flexibility index (Phi) is 7.37. The Balaban J connectivity index is 1.92. The summed E-state index contributed by atoms with van der Waals surface area (Å²) in [6.07, 6.45) is 1.33. The molecule has 168 valence electrons. The van der Waals surface area contributed by atoms with Crippen LogP contribution in [0.2, 0.25) is 5.02 Å². The minimum Gasteiger partial charge on any atom is -0.497 e. The standard InChI is InChI=1S/C23H17ClFN3O5/c1-33-18-9-10-19(20(24)13-18)22(29)27-21(11-14-5-7-17(8-6-14)28(31)32)23(30)26-16-4-2-3-15(25)12-16/h2-13H,1H3,(H,26,30)(H,27,29)/b21-11+. The van der Waals surface area contributed by atoms with Crippen molar-refractivity contribution in [1.29, 1.82) is 0 Å². The van der Waals surface area contributed by atoms with E-state index in [0.29, 0.717) is 11.3 Å². The van der Waals surface area contributed by atoms with E-state index in [1.165, 1.54) is 73.8 Å². The fourth-order valence-corrected chi connectivity index (χ4v) is 3.03. The zero-order chi connectivity index (χ0) is 24.0. The van der Waals surface area contributed by atoms with Gasteiger partial charge in [-0.15, -0.1) is 0 Å². The third kappa shape index (κ3) is 6.14. The first kappa shape index (κ1) is 23.4. The molecular weight excluding hydrogens is 453 g/mol. The molecule has 0 aliphatic rings. The molecule has 0 fully saturated rings. The van der Waals surface area contributed by atoms with Crippen molar-refractivity contribution in [3.05, 3.63) is 105 Å². The number of carbonyl (C=O) groups excluding carboxylic acids is 2. The number of benzene rings is 3. The zero-order valence-corrected chi connectivity index (χ0v) is 17.9. The molecule has 0 saturated carbocycles. The number of non-ortho nitro benzene ring substituents is 1. The van der Waals surface area contributed by atoms with Gasteiger partial charge in [0.1, 0.15) is 17.3 Å². The van der Waals surface area contributed by atoms with Crippen LogP contribution in [0.1, 0.15) is 15.9 Å². The fraction of sp³-hybridized carbons (Fsp3) is 0.0435. The van der Waals surface area contributed by atoms with Crippen molar-refractivity contribution in [3.63, 3.8) is 0 Å². The topological polar surface area (TPSA) is 111 Å². The molecule has 3 aromatic carbocycles. The number of hydrogen-bond donors (Lipinski definition) is 2. The van der Waals surface area contributed by atoms with Crippen molar-refractivity contribution in [2.24, 2.45) is 0 Å². The van der Waals surface area contributed by atoms with Crippen molar-refractivity contribution in [1.82, 2.24) is 5.32 Å². The lowest BCUT2D eigenvalue weighted by Crippen LogP contribution is -2.31. The predicted molar refractivity (Wildman–Crippen MR) is 122 cm³/mol. The first-order valence-corrected chi connectivity index (χ1v) is 9.82. The second kappa shape index (κ2) is 10.4. The van der Waals surface area contributed by atoms with Crippen LogP contribution in [0.25, 0.3) is 6.08 Å². The van der Waals surface area contributed by atoms with Gasteiger partial charge in [0.2, 0.25) is 0 Å². The van der Waals surface area contributed by atoms with Gasteiger partial charge >= 0.3 is 0 Å². The molecule has 0 saturated heterocycles. The van der Waals surface area contributed by atoms with E-state index in [2.05, 4.69) is 10.6 Å². The first-order chi connectivity index (χ1) is 15.8. The highest BCUT2D eigenvalue weighted by atomic mass is 35.5. The number of methoxy groups -OCH3 is 1. The number of carbonyl (C=O) groups is 2. The van der Waals surface area contributed by atoms with Gasteiger partial charge in [0.05, 0.1) is 22.6 Å². The second-order valence-electron chi connectivity index (χ2n) is 6.67. The molecular formula is C23H17ClFN3O5. The molecule has 10 heteroatoms. The molecule has 3 aromatic rings. The van der Waals surface area contributed by atoms with Crippen molar-refractivity contribution in [2.45, 2.75) is 0 Å². The third-order valence-electron chi connectivity index (χ3n) is 4.41. The number of anilines is 1. The van der Waals surface area contributed by atoms with Gasteiger partial charge in [-0.2, -0.15) is 0 Å². The Morgan fingerprint density at radius 2 is 1.82 bits per heavy atom. The zero-order valence-electron chi connectivity index (χ0n) is 17.2. The first-order valence-electron chi connectivity index (χ1n) is 9.45. The van der Waals surface area contributed by atoms with Crippen LogP contribution in [0.3, 0.4) is 0 Å². The molecule has 0 bridgehead atoms. The number of nitro benzene ring substituents is 1. The molecule has 0 radical (unpaired) electrons. The average molecular weight is 470 g/mol. The summed E-state index contributed by atoms with van der Waals surface area (Å²) >= 11 is 6.15. The van der Waals surface area contributed by atoms with E-state index in [1.54, 1.807) is 0 Å². The van der Waals surface area contributed by atoms with E-state index < -0.39 is 22.6 Å². The van der Waals surface area contributed by atoms with E-state index in [4.69, 9.17) is 16.3 Å². The summed E-state index contributed by atoms with van der Waals surface area (Å²) in [7, 11) is 1.45. The maximum absolute atomic E-state index is 13.5. The van der Waals surface area contributed by atoms with E-state index >= 15 is 0 Å². The molecule has 2 N–H and O–H groups in total. The highest BCUT2D eigenvalue weighted by Gasteiger charge is 2.18. The van der Waals surface area contributed by atoms with Gasteiger partial charge in [0, 0.05) is 17.8 Å². The third-order valence-corrected chi connectivity index (χ3v) is 4.72. The Morgan fingerprint density at radius 1 is 1.09 bits per heavy atom. The van der Waals surface area contributed by atoms with Crippen LogP contribution in [0, 0.1) is 15.9 Å². The minimum absolute atomic E-state index is 0.0885. The van der Waals surface area contributed by atoms with Crippen LogP contribution in [-0.4, -0.2) is 23.8 Å². The number of ether oxygens (including phenoxy) is 1.